The molecule has 3 heteroatoms. The lowest BCUT2D eigenvalue weighted by atomic mass is 9.81. The average molecular weight is 285 g/mol. The maximum atomic E-state index is 4.47. The molecule has 1 N–H and O–H groups in total. The number of aromatic nitrogens is 2. The molecule has 0 aliphatic rings. The molecule has 0 saturated carbocycles. The van der Waals surface area contributed by atoms with Gasteiger partial charge in [-0.1, -0.05) is 52.0 Å². The summed E-state index contributed by atoms with van der Waals surface area (Å²) in [6, 6.07) is 11.0. The van der Waals surface area contributed by atoms with Crippen LogP contribution in [0.25, 0.3) is 0 Å². The molecular weight excluding hydrogens is 258 g/mol. The third-order valence-corrected chi connectivity index (χ3v) is 3.85. The van der Waals surface area contributed by atoms with Gasteiger partial charge in [0.15, 0.2) is 0 Å². The van der Waals surface area contributed by atoms with E-state index in [1.807, 2.05) is 13.2 Å². The van der Waals surface area contributed by atoms with Crippen molar-refractivity contribution < 1.29 is 0 Å². The Labute approximate surface area is 128 Å². The predicted molar refractivity (Wildman–Crippen MR) is 88.6 cm³/mol. The Hall–Kier alpha value is -1.61. The van der Waals surface area contributed by atoms with Gasteiger partial charge in [-0.25, -0.2) is 0 Å². The molecule has 1 atom stereocenters. The third-order valence-electron chi connectivity index (χ3n) is 3.85. The molecule has 3 nitrogen and oxygen atoms in total. The second-order valence-electron chi connectivity index (χ2n) is 6.54. The zero-order valence-corrected chi connectivity index (χ0v) is 13.9. The minimum absolute atomic E-state index is 0.126. The number of nitrogens with zero attached hydrogens (tertiary/aromatic N) is 2. The summed E-state index contributed by atoms with van der Waals surface area (Å²) < 4.78 is 2.11. The molecule has 0 spiro atoms. The predicted octanol–water partition coefficient (Wildman–Crippen LogP) is 3.90. The molecule has 1 unspecified atom stereocenters. The van der Waals surface area contributed by atoms with Crippen LogP contribution in [-0.2, 0) is 12.0 Å². The highest BCUT2D eigenvalue weighted by Crippen LogP contribution is 2.32. The molecule has 0 fully saturated rings. The highest BCUT2D eigenvalue weighted by atomic mass is 15.3. The lowest BCUT2D eigenvalue weighted by Crippen LogP contribution is -2.25. The first-order valence-electron chi connectivity index (χ1n) is 7.77. The van der Waals surface area contributed by atoms with E-state index in [4.69, 9.17) is 0 Å². The van der Waals surface area contributed by atoms with Crippen molar-refractivity contribution in [3.05, 3.63) is 53.3 Å². The van der Waals surface area contributed by atoms with Gasteiger partial charge in [-0.2, -0.15) is 5.10 Å². The summed E-state index contributed by atoms with van der Waals surface area (Å²) >= 11 is 0. The Morgan fingerprint density at radius 3 is 2.52 bits per heavy atom. The molecule has 0 amide bonds. The summed E-state index contributed by atoms with van der Waals surface area (Å²) in [4.78, 5) is 0. The summed E-state index contributed by atoms with van der Waals surface area (Å²) in [7, 11) is 2.02. The molecule has 0 radical (unpaired) electrons. The third kappa shape index (κ3) is 3.35. The van der Waals surface area contributed by atoms with Crippen LogP contribution in [0.2, 0.25) is 0 Å². The molecule has 21 heavy (non-hydrogen) atoms. The molecule has 1 aromatic heterocycles. The second kappa shape index (κ2) is 6.44. The van der Waals surface area contributed by atoms with E-state index < -0.39 is 0 Å². The van der Waals surface area contributed by atoms with Crippen molar-refractivity contribution in [2.24, 2.45) is 0 Å². The van der Waals surface area contributed by atoms with Crippen LogP contribution in [0.1, 0.15) is 57.0 Å². The molecule has 1 aromatic carbocycles. The maximum absolute atomic E-state index is 4.47. The maximum Gasteiger partial charge on any atom is 0.0748 e. The van der Waals surface area contributed by atoms with Crippen molar-refractivity contribution in [2.75, 3.05) is 7.05 Å². The quantitative estimate of drug-likeness (QED) is 0.903. The van der Waals surface area contributed by atoms with Crippen molar-refractivity contribution in [3.63, 3.8) is 0 Å². The monoisotopic (exact) mass is 285 g/mol. The zero-order chi connectivity index (χ0) is 15.5. The van der Waals surface area contributed by atoms with Gasteiger partial charge in [-0.3, -0.25) is 4.68 Å². The molecule has 0 aliphatic heterocycles. The Bertz CT molecular complexity index is 578. The van der Waals surface area contributed by atoms with Gasteiger partial charge in [0.05, 0.1) is 11.7 Å². The molecule has 2 aromatic rings. The summed E-state index contributed by atoms with van der Waals surface area (Å²) in [5.41, 5.74) is 4.08. The Kier molecular flexibility index (Phi) is 4.84. The van der Waals surface area contributed by atoms with Gasteiger partial charge in [-0.05, 0) is 36.1 Å². The van der Waals surface area contributed by atoms with Gasteiger partial charge >= 0.3 is 0 Å². The number of hydrogen-bond donors (Lipinski definition) is 1. The Morgan fingerprint density at radius 2 is 1.90 bits per heavy atom. The second-order valence-corrected chi connectivity index (χ2v) is 6.54. The lowest BCUT2D eigenvalue weighted by molar-refractivity contribution is 0.520. The van der Waals surface area contributed by atoms with E-state index in [1.165, 1.54) is 16.8 Å². The molecule has 0 saturated heterocycles. The fourth-order valence-electron chi connectivity index (χ4n) is 2.88. The van der Waals surface area contributed by atoms with Gasteiger partial charge in [0, 0.05) is 12.7 Å². The number of rotatable bonds is 5. The molecule has 114 valence electrons. The zero-order valence-electron chi connectivity index (χ0n) is 13.9. The summed E-state index contributed by atoms with van der Waals surface area (Å²) in [5, 5.41) is 7.94. The lowest BCUT2D eigenvalue weighted by Gasteiger charge is -2.28. The number of nitrogens with one attached hydrogen (secondary N) is 1. The first-order valence-corrected chi connectivity index (χ1v) is 7.77. The van der Waals surface area contributed by atoms with E-state index in [2.05, 4.69) is 73.1 Å². The van der Waals surface area contributed by atoms with Crippen molar-refractivity contribution in [2.45, 2.75) is 52.1 Å². The highest BCUT2D eigenvalue weighted by molar-refractivity contribution is 5.39. The SMILES string of the molecule is CCCn1nccc1C(NC)c1ccccc1C(C)(C)C. The van der Waals surface area contributed by atoms with Gasteiger partial charge in [0.25, 0.3) is 0 Å². The standard InChI is InChI=1S/C18H27N3/c1-6-13-21-16(11-12-20-21)17(19-5)14-9-7-8-10-15(14)18(2,3)4/h7-12,17,19H,6,13H2,1-5H3. The van der Waals surface area contributed by atoms with Crippen LogP contribution in [0, 0.1) is 0 Å². The van der Waals surface area contributed by atoms with Crippen LogP contribution in [0.4, 0.5) is 0 Å². The summed E-state index contributed by atoms with van der Waals surface area (Å²) in [6.07, 6.45) is 2.99. The van der Waals surface area contributed by atoms with Crippen LogP contribution >= 0.6 is 0 Å². The smallest absolute Gasteiger partial charge is 0.0748 e. The van der Waals surface area contributed by atoms with Gasteiger partial charge in [-0.15, -0.1) is 0 Å². The number of aryl methyl sites for hydroxylation is 1. The van der Waals surface area contributed by atoms with E-state index in [0.717, 1.165) is 13.0 Å². The molecule has 1 heterocycles. The van der Waals surface area contributed by atoms with Gasteiger partial charge in [0.2, 0.25) is 0 Å². The first kappa shape index (κ1) is 15.8. The normalized spacial score (nSPS) is 13.4. The molecule has 0 bridgehead atoms. The van der Waals surface area contributed by atoms with Crippen LogP contribution < -0.4 is 5.32 Å². The van der Waals surface area contributed by atoms with Crippen LogP contribution in [-0.4, -0.2) is 16.8 Å². The minimum Gasteiger partial charge on any atom is -0.308 e. The van der Waals surface area contributed by atoms with E-state index in [-0.39, 0.29) is 11.5 Å². The van der Waals surface area contributed by atoms with Crippen molar-refractivity contribution in [1.82, 2.24) is 15.1 Å². The summed E-state index contributed by atoms with van der Waals surface area (Å²) in [6.45, 7) is 9.94. The first-order chi connectivity index (χ1) is 9.99. The fraction of sp³-hybridized carbons (Fsp3) is 0.500. The van der Waals surface area contributed by atoms with E-state index in [1.54, 1.807) is 0 Å². The van der Waals surface area contributed by atoms with Crippen LogP contribution in [0.5, 0.6) is 0 Å². The minimum atomic E-state index is 0.126. The van der Waals surface area contributed by atoms with E-state index in [0.29, 0.717) is 0 Å². The van der Waals surface area contributed by atoms with Gasteiger partial charge in [0.1, 0.15) is 0 Å². The molecule has 2 rings (SSSR count). The Morgan fingerprint density at radius 1 is 1.19 bits per heavy atom. The van der Waals surface area contributed by atoms with E-state index in [9.17, 15) is 0 Å². The summed E-state index contributed by atoms with van der Waals surface area (Å²) in [5.74, 6) is 0. The topological polar surface area (TPSA) is 29.9 Å². The van der Waals surface area contributed by atoms with Crippen LogP contribution in [0.3, 0.4) is 0 Å². The highest BCUT2D eigenvalue weighted by Gasteiger charge is 2.24. The van der Waals surface area contributed by atoms with Crippen molar-refractivity contribution in [3.8, 4) is 0 Å². The number of hydrogen-bond acceptors (Lipinski definition) is 2. The van der Waals surface area contributed by atoms with Gasteiger partial charge < -0.3 is 5.32 Å². The van der Waals surface area contributed by atoms with E-state index >= 15 is 0 Å². The van der Waals surface area contributed by atoms with Crippen molar-refractivity contribution in [1.29, 1.82) is 0 Å². The van der Waals surface area contributed by atoms with Crippen molar-refractivity contribution >= 4 is 0 Å². The fourth-order valence-corrected chi connectivity index (χ4v) is 2.88. The number of benzene rings is 1. The average Bonchev–Trinajstić information content (AvgIpc) is 2.88. The van der Waals surface area contributed by atoms with Crippen LogP contribution in [0.15, 0.2) is 36.5 Å². The molecule has 0 aliphatic carbocycles. The largest absolute Gasteiger partial charge is 0.308 e. The molecular formula is C18H27N3. The Balaban J connectivity index is 2.50.